The number of rotatable bonds is 6. The van der Waals surface area contributed by atoms with Gasteiger partial charge in [-0.1, -0.05) is 45.2 Å². The maximum atomic E-state index is 15.7. The van der Waals surface area contributed by atoms with E-state index in [2.05, 4.69) is 60.8 Å². The molecule has 0 spiro atoms. The molecule has 2 aliphatic carbocycles. The van der Waals surface area contributed by atoms with Crippen molar-refractivity contribution >= 4 is 46.8 Å². The molecule has 2 aromatic carbocycles. The van der Waals surface area contributed by atoms with E-state index in [1.807, 2.05) is 9.80 Å². The number of halogens is 2. The first-order valence-corrected chi connectivity index (χ1v) is 22.0. The number of nitrogens with zero attached hydrogens (tertiary/aromatic N) is 7. The zero-order valence-corrected chi connectivity index (χ0v) is 36.2. The van der Waals surface area contributed by atoms with Crippen LogP contribution in [0, 0.1) is 45.7 Å². The molecule has 3 saturated heterocycles. The summed E-state index contributed by atoms with van der Waals surface area (Å²) in [5, 5.41) is 11.8. The van der Waals surface area contributed by atoms with Gasteiger partial charge in [0.15, 0.2) is 5.69 Å². The number of likely N-dealkylation sites (tertiary alicyclic amines) is 1. The molecule has 2 saturated carbocycles. The van der Waals surface area contributed by atoms with Gasteiger partial charge in [0.25, 0.3) is 17.7 Å². The Kier molecular flexibility index (Phi) is 9.69. The number of nitriles is 1. The lowest BCUT2D eigenvalue weighted by Crippen LogP contribution is -2.74. The third kappa shape index (κ3) is 6.57. The number of ether oxygens (including phenoxy) is 1. The van der Waals surface area contributed by atoms with Crippen LogP contribution in [0.5, 0.6) is 5.75 Å². The van der Waals surface area contributed by atoms with Crippen molar-refractivity contribution in [2.45, 2.75) is 115 Å². The van der Waals surface area contributed by atoms with Crippen LogP contribution in [0.2, 0.25) is 5.02 Å². The van der Waals surface area contributed by atoms with E-state index in [4.69, 9.17) is 21.3 Å². The van der Waals surface area contributed by atoms with Crippen molar-refractivity contribution in [2.24, 2.45) is 16.7 Å². The molecular formula is C47H46ClFN8O6. The monoisotopic (exact) mass is 872 g/mol. The lowest BCUT2D eigenvalue weighted by Gasteiger charge is -2.65. The molecule has 10 rings (SSSR count). The summed E-state index contributed by atoms with van der Waals surface area (Å²) in [7, 11) is 0. The van der Waals surface area contributed by atoms with E-state index in [0.717, 1.165) is 49.6 Å². The summed E-state index contributed by atoms with van der Waals surface area (Å²) in [6.45, 7) is 10.1. The van der Waals surface area contributed by atoms with Gasteiger partial charge in [-0.15, -0.1) is 0 Å². The SMILES string of the molecule is CC1(C)C(Oc2ccc(C#N)c(Cl)c2)C(C)(C)C1N1Cc2nc(C#CC3CCC(N4CC5CC4CN5c4cc5c(cc4F)C(=O)N(C4CCC(=O)NC4=O)C5=O)CC3)cnc2C1=O. The number of benzene rings is 2. The van der Waals surface area contributed by atoms with E-state index in [1.54, 1.807) is 24.4 Å². The Balaban J connectivity index is 0.741. The number of amides is 5. The number of piperidine rings is 1. The molecule has 63 heavy (non-hydrogen) atoms. The molecular weight excluding hydrogens is 827 g/mol. The molecule has 2 bridgehead atoms. The maximum Gasteiger partial charge on any atom is 0.275 e. The molecule has 3 aromatic rings. The number of aromatic nitrogens is 2. The minimum atomic E-state index is -1.11. The molecule has 7 aliphatic rings. The van der Waals surface area contributed by atoms with Crippen molar-refractivity contribution in [3.63, 3.8) is 0 Å². The molecule has 3 atom stereocenters. The van der Waals surface area contributed by atoms with E-state index in [0.29, 0.717) is 58.2 Å². The Bertz CT molecular complexity index is 2630. The van der Waals surface area contributed by atoms with E-state index in [-0.39, 0.29) is 60.0 Å². The molecule has 6 heterocycles. The standard InChI is InChI=1S/C47H46ClFN8O6/c1-46(2)44(47(3,4)45(46)63-30-12-8-25(19-50)33(48)16-30)56-23-35-39(43(56)62)51-20-26(52-35)9-5-24-6-10-27(11-7-24)54-21-29-15-28(54)22-55(29)37-18-32-31(17-34(37)49)41(60)57(42(32)61)36-13-14-38(58)53-40(36)59/h8,12,16-18,20,24,27-29,36,44-45H,6-7,10-11,13-15,21-23H2,1-4H3,(H,53,58,59). The van der Waals surface area contributed by atoms with Crippen molar-refractivity contribution in [2.75, 3.05) is 18.0 Å². The van der Waals surface area contributed by atoms with Gasteiger partial charge in [-0.2, -0.15) is 5.26 Å². The average molecular weight is 873 g/mol. The highest BCUT2D eigenvalue weighted by Crippen LogP contribution is 2.59. The summed E-state index contributed by atoms with van der Waals surface area (Å²) in [5.74, 6) is 4.23. The average Bonchev–Trinajstić information content (AvgIpc) is 4.00. The second kappa shape index (κ2) is 14.8. The van der Waals surface area contributed by atoms with Crippen molar-refractivity contribution in [1.29, 1.82) is 5.26 Å². The van der Waals surface area contributed by atoms with Crippen LogP contribution >= 0.6 is 11.6 Å². The van der Waals surface area contributed by atoms with Gasteiger partial charge in [-0.3, -0.25) is 39.1 Å². The molecule has 14 nitrogen and oxygen atoms in total. The number of imide groups is 2. The molecule has 3 unspecified atom stereocenters. The Labute approximate surface area is 369 Å². The van der Waals surface area contributed by atoms with Gasteiger partial charge in [0.2, 0.25) is 11.8 Å². The Hall–Kier alpha value is -5.90. The minimum absolute atomic E-state index is 0.0125. The molecule has 324 valence electrons. The van der Waals surface area contributed by atoms with Gasteiger partial charge >= 0.3 is 0 Å². The van der Waals surface area contributed by atoms with Crippen LogP contribution in [0.3, 0.4) is 0 Å². The van der Waals surface area contributed by atoms with Gasteiger partial charge in [-0.25, -0.2) is 14.4 Å². The highest BCUT2D eigenvalue weighted by molar-refractivity contribution is 6.31. The fraction of sp³-hybridized carbons (Fsp3) is 0.489. The largest absolute Gasteiger partial charge is 0.489 e. The number of piperazine rings is 1. The van der Waals surface area contributed by atoms with Gasteiger partial charge in [0, 0.05) is 66.5 Å². The van der Waals surface area contributed by atoms with Gasteiger partial charge < -0.3 is 14.5 Å². The Morgan fingerprint density at radius 3 is 2.29 bits per heavy atom. The fourth-order valence-electron chi connectivity index (χ4n) is 12.2. The number of carbonyl (C=O) groups excluding carboxylic acids is 5. The van der Waals surface area contributed by atoms with Crippen molar-refractivity contribution in [1.82, 2.24) is 30.0 Å². The Morgan fingerprint density at radius 1 is 0.889 bits per heavy atom. The van der Waals surface area contributed by atoms with Gasteiger partial charge in [0.05, 0.1) is 45.8 Å². The highest BCUT2D eigenvalue weighted by atomic mass is 35.5. The molecule has 1 N–H and O–H groups in total. The number of hydrogen-bond acceptors (Lipinski definition) is 11. The van der Waals surface area contributed by atoms with Crippen LogP contribution < -0.4 is 15.0 Å². The maximum absolute atomic E-state index is 15.7. The van der Waals surface area contributed by atoms with Crippen LogP contribution in [0.15, 0.2) is 36.5 Å². The second-order valence-electron chi connectivity index (χ2n) is 19.2. The number of carbonyl (C=O) groups is 5. The first-order chi connectivity index (χ1) is 30.0. The smallest absolute Gasteiger partial charge is 0.275 e. The zero-order valence-electron chi connectivity index (χ0n) is 35.4. The van der Waals surface area contributed by atoms with Crippen molar-refractivity contribution < 1.29 is 33.1 Å². The molecule has 5 fully saturated rings. The molecule has 1 aromatic heterocycles. The first kappa shape index (κ1) is 41.1. The van der Waals surface area contributed by atoms with Crippen LogP contribution in [-0.4, -0.2) is 104 Å². The summed E-state index contributed by atoms with van der Waals surface area (Å²) in [6.07, 6.45) is 6.12. The van der Waals surface area contributed by atoms with Crippen LogP contribution in [-0.2, 0) is 16.1 Å². The summed E-state index contributed by atoms with van der Waals surface area (Å²) in [5.41, 5.74) is 1.39. The highest BCUT2D eigenvalue weighted by Gasteiger charge is 2.67. The summed E-state index contributed by atoms with van der Waals surface area (Å²) >= 11 is 6.29. The topological polar surface area (TPSA) is 169 Å². The van der Waals surface area contributed by atoms with Crippen molar-refractivity contribution in [3.05, 3.63) is 81.1 Å². The number of nitrogens with one attached hydrogen (secondary N) is 1. The van der Waals surface area contributed by atoms with Gasteiger partial charge in [0.1, 0.15) is 35.5 Å². The van der Waals surface area contributed by atoms with Crippen LogP contribution in [0.25, 0.3) is 0 Å². The lowest BCUT2D eigenvalue weighted by molar-refractivity contribution is -0.199. The fourth-order valence-corrected chi connectivity index (χ4v) is 12.4. The third-order valence-corrected chi connectivity index (χ3v) is 15.0. The first-order valence-electron chi connectivity index (χ1n) is 21.7. The van der Waals surface area contributed by atoms with E-state index in [9.17, 15) is 29.2 Å². The van der Waals surface area contributed by atoms with E-state index < -0.39 is 46.3 Å². The third-order valence-electron chi connectivity index (χ3n) is 14.7. The van der Waals surface area contributed by atoms with E-state index in [1.165, 1.54) is 6.07 Å². The Morgan fingerprint density at radius 2 is 1.62 bits per heavy atom. The summed E-state index contributed by atoms with van der Waals surface area (Å²) < 4.78 is 22.2. The summed E-state index contributed by atoms with van der Waals surface area (Å²) in [4.78, 5) is 81.3. The van der Waals surface area contributed by atoms with Gasteiger partial charge in [-0.05, 0) is 68.7 Å². The lowest BCUT2D eigenvalue weighted by atomic mass is 9.49. The van der Waals surface area contributed by atoms with Crippen LogP contribution in [0.1, 0.15) is 121 Å². The predicted octanol–water partition coefficient (Wildman–Crippen LogP) is 5.25. The van der Waals surface area contributed by atoms with E-state index >= 15 is 4.39 Å². The van der Waals surface area contributed by atoms with Crippen molar-refractivity contribution in [3.8, 4) is 23.7 Å². The number of hydrogen-bond donors (Lipinski definition) is 1. The number of anilines is 1. The molecule has 5 aliphatic heterocycles. The zero-order chi connectivity index (χ0) is 44.3. The second-order valence-corrected chi connectivity index (χ2v) is 19.7. The number of fused-ring (bicyclic) bond motifs is 4. The normalized spacial score (nSPS) is 29.2. The molecule has 16 heteroatoms. The summed E-state index contributed by atoms with van der Waals surface area (Å²) in [6, 6.07) is 9.12. The minimum Gasteiger partial charge on any atom is -0.489 e. The predicted molar refractivity (Wildman–Crippen MR) is 226 cm³/mol. The molecule has 0 radical (unpaired) electrons. The quantitative estimate of drug-likeness (QED) is 0.254. The molecule has 5 amide bonds. The van der Waals surface area contributed by atoms with Crippen LogP contribution in [0.4, 0.5) is 10.1 Å².